The number of halogens is 1. The van der Waals surface area contributed by atoms with E-state index in [0.717, 1.165) is 36.5 Å². The molecular weight excluding hydrogens is 334 g/mol. The fourth-order valence-electron chi connectivity index (χ4n) is 2.54. The zero-order chi connectivity index (χ0) is 15.1. The minimum Gasteiger partial charge on any atom is -0.491 e. The summed E-state index contributed by atoms with van der Waals surface area (Å²) in [5.41, 5.74) is 0. The smallest absolute Gasteiger partial charge is 0.120 e. The van der Waals surface area contributed by atoms with Crippen LogP contribution in [0.3, 0.4) is 0 Å². The molecule has 0 aliphatic carbocycles. The molecule has 4 nitrogen and oxygen atoms in total. The van der Waals surface area contributed by atoms with Crippen LogP contribution in [0.15, 0.2) is 28.7 Å². The Bertz CT molecular complexity index is 420. The molecule has 0 amide bonds. The van der Waals surface area contributed by atoms with Crippen LogP contribution >= 0.6 is 15.9 Å². The van der Waals surface area contributed by atoms with Crippen molar-refractivity contribution in [2.24, 2.45) is 0 Å². The van der Waals surface area contributed by atoms with Crippen molar-refractivity contribution in [3.8, 4) is 5.75 Å². The molecule has 0 aromatic heterocycles. The maximum atomic E-state index is 5.71. The third kappa shape index (κ3) is 6.34. The van der Waals surface area contributed by atoms with Crippen LogP contribution in [0.5, 0.6) is 5.75 Å². The standard InChI is InChI=1S/C16H24BrNO3/c1-13-11-18(12-14(2)21-13)6-7-19-8-9-20-16-5-3-4-15(17)10-16/h3-5,10,13-14H,6-9,11-12H2,1-2H3/t13-,14+. The molecule has 0 bridgehead atoms. The van der Waals surface area contributed by atoms with E-state index in [2.05, 4.69) is 34.7 Å². The zero-order valence-corrected chi connectivity index (χ0v) is 14.3. The number of benzene rings is 1. The maximum absolute atomic E-state index is 5.71. The maximum Gasteiger partial charge on any atom is 0.120 e. The Morgan fingerprint density at radius 3 is 2.67 bits per heavy atom. The van der Waals surface area contributed by atoms with E-state index in [9.17, 15) is 0 Å². The normalized spacial score (nSPS) is 23.2. The highest BCUT2D eigenvalue weighted by Gasteiger charge is 2.21. The van der Waals surface area contributed by atoms with Gasteiger partial charge in [0.1, 0.15) is 12.4 Å². The molecule has 1 aromatic rings. The van der Waals surface area contributed by atoms with Crippen LogP contribution in [0.1, 0.15) is 13.8 Å². The van der Waals surface area contributed by atoms with Crippen molar-refractivity contribution in [2.45, 2.75) is 26.1 Å². The van der Waals surface area contributed by atoms with Crippen LogP contribution in [0.4, 0.5) is 0 Å². The zero-order valence-electron chi connectivity index (χ0n) is 12.8. The van der Waals surface area contributed by atoms with E-state index < -0.39 is 0 Å². The molecule has 0 spiro atoms. The van der Waals surface area contributed by atoms with E-state index in [4.69, 9.17) is 14.2 Å². The van der Waals surface area contributed by atoms with Crippen LogP contribution in [0.2, 0.25) is 0 Å². The highest BCUT2D eigenvalue weighted by molar-refractivity contribution is 9.10. The molecular formula is C16H24BrNO3. The molecule has 21 heavy (non-hydrogen) atoms. The second-order valence-electron chi connectivity index (χ2n) is 5.44. The Morgan fingerprint density at radius 2 is 1.95 bits per heavy atom. The Kier molecular flexibility index (Phi) is 6.96. The molecule has 2 rings (SSSR count). The highest BCUT2D eigenvalue weighted by atomic mass is 79.9. The molecule has 0 unspecified atom stereocenters. The van der Waals surface area contributed by atoms with E-state index in [1.807, 2.05) is 24.3 Å². The summed E-state index contributed by atoms with van der Waals surface area (Å²) in [5, 5.41) is 0. The molecule has 0 N–H and O–H groups in total. The highest BCUT2D eigenvalue weighted by Crippen LogP contribution is 2.17. The SMILES string of the molecule is C[C@@H]1CN(CCOCCOc2cccc(Br)c2)C[C@H](C)O1. The summed E-state index contributed by atoms with van der Waals surface area (Å²) in [6.45, 7) is 9.10. The van der Waals surface area contributed by atoms with E-state index in [1.165, 1.54) is 0 Å². The van der Waals surface area contributed by atoms with Crippen molar-refractivity contribution >= 4 is 15.9 Å². The first-order valence-electron chi connectivity index (χ1n) is 7.47. The van der Waals surface area contributed by atoms with Crippen molar-refractivity contribution < 1.29 is 14.2 Å². The van der Waals surface area contributed by atoms with Gasteiger partial charge in [-0.1, -0.05) is 22.0 Å². The van der Waals surface area contributed by atoms with Gasteiger partial charge in [0, 0.05) is 24.1 Å². The molecule has 1 aromatic carbocycles. The van der Waals surface area contributed by atoms with Gasteiger partial charge in [-0.15, -0.1) is 0 Å². The van der Waals surface area contributed by atoms with Crippen LogP contribution in [0.25, 0.3) is 0 Å². The fourth-order valence-corrected chi connectivity index (χ4v) is 2.92. The van der Waals surface area contributed by atoms with Crippen LogP contribution in [-0.2, 0) is 9.47 Å². The molecule has 0 radical (unpaired) electrons. The third-order valence-electron chi connectivity index (χ3n) is 3.34. The number of hydrogen-bond donors (Lipinski definition) is 0. The second-order valence-corrected chi connectivity index (χ2v) is 6.35. The lowest BCUT2D eigenvalue weighted by atomic mass is 10.2. The van der Waals surface area contributed by atoms with Crippen molar-refractivity contribution in [3.63, 3.8) is 0 Å². The monoisotopic (exact) mass is 357 g/mol. The van der Waals surface area contributed by atoms with Gasteiger partial charge in [-0.2, -0.15) is 0 Å². The van der Waals surface area contributed by atoms with Gasteiger partial charge in [-0.05, 0) is 32.0 Å². The molecule has 1 heterocycles. The summed E-state index contributed by atoms with van der Waals surface area (Å²) < 4.78 is 18.0. The minimum absolute atomic E-state index is 0.314. The predicted molar refractivity (Wildman–Crippen MR) is 86.9 cm³/mol. The van der Waals surface area contributed by atoms with Gasteiger partial charge in [0.05, 0.1) is 25.4 Å². The summed E-state index contributed by atoms with van der Waals surface area (Å²) in [4.78, 5) is 2.40. The average molecular weight is 358 g/mol. The van der Waals surface area contributed by atoms with E-state index in [0.29, 0.717) is 25.4 Å². The number of nitrogens with zero attached hydrogens (tertiary/aromatic N) is 1. The van der Waals surface area contributed by atoms with Crippen LogP contribution in [-0.4, -0.2) is 56.6 Å². The molecule has 0 saturated carbocycles. The van der Waals surface area contributed by atoms with Gasteiger partial charge >= 0.3 is 0 Å². The Balaban J connectivity index is 1.54. The lowest BCUT2D eigenvalue weighted by Crippen LogP contribution is -2.46. The summed E-state index contributed by atoms with van der Waals surface area (Å²) in [6.07, 6.45) is 0.627. The first-order chi connectivity index (χ1) is 10.1. The van der Waals surface area contributed by atoms with Gasteiger partial charge in [0.25, 0.3) is 0 Å². The molecule has 118 valence electrons. The van der Waals surface area contributed by atoms with E-state index >= 15 is 0 Å². The largest absolute Gasteiger partial charge is 0.491 e. The summed E-state index contributed by atoms with van der Waals surface area (Å²) in [7, 11) is 0. The first kappa shape index (κ1) is 16.7. The van der Waals surface area contributed by atoms with Gasteiger partial charge in [0.15, 0.2) is 0 Å². The Hall–Kier alpha value is -0.620. The lowest BCUT2D eigenvalue weighted by Gasteiger charge is -2.35. The second kappa shape index (κ2) is 8.73. The van der Waals surface area contributed by atoms with Gasteiger partial charge in [-0.25, -0.2) is 0 Å². The molecule has 2 atom stereocenters. The van der Waals surface area contributed by atoms with Crippen molar-refractivity contribution in [1.82, 2.24) is 4.90 Å². The quantitative estimate of drug-likeness (QED) is 0.702. The topological polar surface area (TPSA) is 30.9 Å². The minimum atomic E-state index is 0.314. The average Bonchev–Trinajstić information content (AvgIpc) is 2.42. The van der Waals surface area contributed by atoms with Gasteiger partial charge in [0.2, 0.25) is 0 Å². The fraction of sp³-hybridized carbons (Fsp3) is 0.625. The third-order valence-corrected chi connectivity index (χ3v) is 3.83. The van der Waals surface area contributed by atoms with Crippen molar-refractivity contribution in [3.05, 3.63) is 28.7 Å². The number of hydrogen-bond acceptors (Lipinski definition) is 4. The first-order valence-corrected chi connectivity index (χ1v) is 8.26. The molecule has 1 fully saturated rings. The Labute approximate surface area is 135 Å². The van der Waals surface area contributed by atoms with E-state index in [-0.39, 0.29) is 0 Å². The summed E-state index contributed by atoms with van der Waals surface area (Å²) in [5.74, 6) is 0.865. The van der Waals surface area contributed by atoms with Crippen LogP contribution in [0, 0.1) is 0 Å². The Morgan fingerprint density at radius 1 is 1.19 bits per heavy atom. The number of morpholine rings is 1. The van der Waals surface area contributed by atoms with Gasteiger partial charge in [-0.3, -0.25) is 4.90 Å². The predicted octanol–water partition coefficient (Wildman–Crippen LogP) is 2.95. The molecule has 1 aliphatic heterocycles. The van der Waals surface area contributed by atoms with E-state index in [1.54, 1.807) is 0 Å². The molecule has 5 heteroatoms. The van der Waals surface area contributed by atoms with Crippen LogP contribution < -0.4 is 4.74 Å². The van der Waals surface area contributed by atoms with Crippen molar-refractivity contribution in [1.29, 1.82) is 0 Å². The summed E-state index contributed by atoms with van der Waals surface area (Å²) in [6, 6.07) is 7.84. The van der Waals surface area contributed by atoms with Gasteiger partial charge < -0.3 is 14.2 Å². The molecule has 1 aliphatic rings. The summed E-state index contributed by atoms with van der Waals surface area (Å²) >= 11 is 3.42. The molecule has 1 saturated heterocycles. The number of ether oxygens (including phenoxy) is 3. The lowest BCUT2D eigenvalue weighted by molar-refractivity contribution is -0.0734. The van der Waals surface area contributed by atoms with Crippen molar-refractivity contribution in [2.75, 3.05) is 39.5 Å². The number of rotatable bonds is 7.